The molecule has 7 heteroatoms. The summed E-state index contributed by atoms with van der Waals surface area (Å²) in [6.07, 6.45) is 0. The van der Waals surface area contributed by atoms with Crippen molar-refractivity contribution >= 4 is 27.3 Å². The van der Waals surface area contributed by atoms with Gasteiger partial charge in [0.05, 0.1) is 11.5 Å². The van der Waals surface area contributed by atoms with Gasteiger partial charge in [0.1, 0.15) is 0 Å². The molecule has 0 spiro atoms. The van der Waals surface area contributed by atoms with Crippen LogP contribution in [0.5, 0.6) is 0 Å². The van der Waals surface area contributed by atoms with Crippen LogP contribution in [0.15, 0.2) is 18.2 Å². The van der Waals surface area contributed by atoms with Crippen LogP contribution >= 0.6 is 11.6 Å². The number of nitrogens with two attached hydrogens (primary N) is 2. The van der Waals surface area contributed by atoms with Crippen LogP contribution in [0, 0.1) is 0 Å². The first kappa shape index (κ1) is 14.9. The lowest BCUT2D eigenvalue weighted by molar-refractivity contribution is 0.100. The molecule has 4 N–H and O–H groups in total. The topological polar surface area (TPSA) is 103 Å². The van der Waals surface area contributed by atoms with Gasteiger partial charge in [0.2, 0.25) is 5.91 Å². The minimum Gasteiger partial charge on any atom is -0.366 e. The molecule has 0 aliphatic rings. The Bertz CT molecular complexity index is 555. The molecule has 0 radical (unpaired) electrons. The summed E-state index contributed by atoms with van der Waals surface area (Å²) in [5.74, 6) is -0.922. The van der Waals surface area contributed by atoms with E-state index in [2.05, 4.69) is 0 Å². The fourth-order valence-electron chi connectivity index (χ4n) is 1.51. The van der Waals surface area contributed by atoms with Crippen LogP contribution in [0.3, 0.4) is 0 Å². The lowest BCUT2D eigenvalue weighted by atomic mass is 10.1. The predicted octanol–water partition coefficient (Wildman–Crippen LogP) is 0.701. The smallest absolute Gasteiger partial charge is 0.248 e. The Labute approximate surface area is 111 Å². The molecule has 0 aliphatic carbocycles. The van der Waals surface area contributed by atoms with Gasteiger partial charge in [0.25, 0.3) is 0 Å². The highest BCUT2D eigenvalue weighted by Gasteiger charge is 2.16. The van der Waals surface area contributed by atoms with E-state index in [1.807, 2.05) is 0 Å². The van der Waals surface area contributed by atoms with Crippen molar-refractivity contribution in [3.8, 4) is 0 Å². The Morgan fingerprint density at radius 1 is 1.44 bits per heavy atom. The van der Waals surface area contributed by atoms with Crippen molar-refractivity contribution in [1.29, 1.82) is 0 Å². The fourth-order valence-corrected chi connectivity index (χ4v) is 3.49. The number of hydrogen-bond acceptors (Lipinski definition) is 4. The van der Waals surface area contributed by atoms with Gasteiger partial charge in [-0.25, -0.2) is 8.42 Å². The molecule has 1 rings (SSSR count). The first-order chi connectivity index (χ1) is 8.21. The molecule has 0 aromatic heterocycles. The van der Waals surface area contributed by atoms with Crippen LogP contribution < -0.4 is 11.5 Å². The van der Waals surface area contributed by atoms with Crippen molar-refractivity contribution in [2.24, 2.45) is 11.5 Å². The summed E-state index contributed by atoms with van der Waals surface area (Å²) >= 11 is 5.91. The van der Waals surface area contributed by atoms with Gasteiger partial charge in [-0.2, -0.15) is 0 Å². The molecule has 5 nitrogen and oxygen atoms in total. The normalized spacial score (nSPS) is 13.3. The SMILES string of the molecule is CC(N)CS(=O)(=O)Cc1ccc(C(N)=O)cc1Cl. The van der Waals surface area contributed by atoms with Gasteiger partial charge >= 0.3 is 0 Å². The van der Waals surface area contributed by atoms with E-state index in [9.17, 15) is 13.2 Å². The first-order valence-corrected chi connectivity index (χ1v) is 7.45. The van der Waals surface area contributed by atoms with Crippen LogP contribution in [0.2, 0.25) is 5.02 Å². The van der Waals surface area contributed by atoms with Crippen molar-refractivity contribution in [3.05, 3.63) is 34.3 Å². The molecule has 0 heterocycles. The van der Waals surface area contributed by atoms with Crippen molar-refractivity contribution in [2.75, 3.05) is 5.75 Å². The van der Waals surface area contributed by atoms with Crippen molar-refractivity contribution < 1.29 is 13.2 Å². The van der Waals surface area contributed by atoms with Gasteiger partial charge in [-0.3, -0.25) is 4.79 Å². The fraction of sp³-hybridized carbons (Fsp3) is 0.364. The third kappa shape index (κ3) is 4.29. The highest BCUT2D eigenvalue weighted by molar-refractivity contribution is 7.90. The minimum atomic E-state index is -3.32. The molecule has 0 saturated heterocycles. The van der Waals surface area contributed by atoms with Gasteiger partial charge in [-0.05, 0) is 24.6 Å². The number of amides is 1. The average molecular weight is 291 g/mol. The molecule has 1 amide bonds. The maximum atomic E-state index is 11.8. The van der Waals surface area contributed by atoms with E-state index in [1.165, 1.54) is 18.2 Å². The van der Waals surface area contributed by atoms with E-state index in [0.717, 1.165) is 0 Å². The highest BCUT2D eigenvalue weighted by atomic mass is 35.5. The van der Waals surface area contributed by atoms with Crippen LogP contribution in [-0.2, 0) is 15.6 Å². The summed E-state index contributed by atoms with van der Waals surface area (Å²) < 4.78 is 23.5. The molecule has 1 aromatic carbocycles. The quantitative estimate of drug-likeness (QED) is 0.833. The van der Waals surface area contributed by atoms with Gasteiger partial charge in [0, 0.05) is 16.6 Å². The number of hydrogen-bond donors (Lipinski definition) is 2. The van der Waals surface area contributed by atoms with Crippen LogP contribution in [0.25, 0.3) is 0 Å². The van der Waals surface area contributed by atoms with E-state index in [4.69, 9.17) is 23.1 Å². The molecule has 100 valence electrons. The molecule has 0 fully saturated rings. The molecular formula is C11H15ClN2O3S. The lowest BCUT2D eigenvalue weighted by Gasteiger charge is -2.09. The number of sulfone groups is 1. The van der Waals surface area contributed by atoms with E-state index in [0.29, 0.717) is 5.56 Å². The standard InChI is InChI=1S/C11H15ClN2O3S/c1-7(13)5-18(16,17)6-9-3-2-8(11(14)15)4-10(9)12/h2-4,7H,5-6,13H2,1H3,(H2,14,15). The Hall–Kier alpha value is -1.11. The Kier molecular flexibility index (Phi) is 4.72. The maximum absolute atomic E-state index is 11.8. The second-order valence-corrected chi connectivity index (χ2v) is 6.72. The Morgan fingerprint density at radius 3 is 2.50 bits per heavy atom. The summed E-state index contributed by atoms with van der Waals surface area (Å²) in [4.78, 5) is 10.9. The van der Waals surface area contributed by atoms with Gasteiger partial charge in [-0.1, -0.05) is 17.7 Å². The zero-order chi connectivity index (χ0) is 13.9. The van der Waals surface area contributed by atoms with Gasteiger partial charge in [0.15, 0.2) is 9.84 Å². The second-order valence-electron chi connectivity index (χ2n) is 4.20. The lowest BCUT2D eigenvalue weighted by Crippen LogP contribution is -2.27. The van der Waals surface area contributed by atoms with Crippen LogP contribution in [0.1, 0.15) is 22.8 Å². The zero-order valence-electron chi connectivity index (χ0n) is 9.89. The summed E-state index contributed by atoms with van der Waals surface area (Å²) in [5, 5.41) is 0.208. The second kappa shape index (κ2) is 5.69. The summed E-state index contributed by atoms with van der Waals surface area (Å²) in [6.45, 7) is 1.62. The largest absolute Gasteiger partial charge is 0.366 e. The third-order valence-corrected chi connectivity index (χ3v) is 4.37. The molecule has 1 aromatic rings. The number of primary amides is 1. The minimum absolute atomic E-state index is 0.110. The molecular weight excluding hydrogens is 276 g/mol. The Morgan fingerprint density at radius 2 is 2.06 bits per heavy atom. The number of benzene rings is 1. The van der Waals surface area contributed by atoms with Gasteiger partial charge in [-0.15, -0.1) is 0 Å². The first-order valence-electron chi connectivity index (χ1n) is 5.25. The molecule has 0 saturated carbocycles. The molecule has 1 unspecified atom stereocenters. The van der Waals surface area contributed by atoms with E-state index < -0.39 is 21.8 Å². The molecule has 18 heavy (non-hydrogen) atoms. The number of carbonyl (C=O) groups excluding carboxylic acids is 1. The molecule has 0 aliphatic heterocycles. The maximum Gasteiger partial charge on any atom is 0.248 e. The molecule has 0 bridgehead atoms. The van der Waals surface area contributed by atoms with Crippen LogP contribution in [0.4, 0.5) is 0 Å². The van der Waals surface area contributed by atoms with Crippen LogP contribution in [-0.4, -0.2) is 26.1 Å². The average Bonchev–Trinajstić information content (AvgIpc) is 2.18. The van der Waals surface area contributed by atoms with Crippen molar-refractivity contribution in [1.82, 2.24) is 0 Å². The highest BCUT2D eigenvalue weighted by Crippen LogP contribution is 2.20. The predicted molar refractivity (Wildman–Crippen MR) is 71.1 cm³/mol. The number of halogens is 1. The van der Waals surface area contributed by atoms with Gasteiger partial charge < -0.3 is 11.5 Å². The summed E-state index contributed by atoms with van der Waals surface area (Å²) in [7, 11) is -3.32. The zero-order valence-corrected chi connectivity index (χ0v) is 11.5. The summed E-state index contributed by atoms with van der Waals surface area (Å²) in [5.41, 5.74) is 11.2. The monoisotopic (exact) mass is 290 g/mol. The third-order valence-electron chi connectivity index (χ3n) is 2.23. The number of carbonyl (C=O) groups is 1. The van der Waals surface area contributed by atoms with E-state index in [1.54, 1.807) is 6.92 Å². The summed E-state index contributed by atoms with van der Waals surface area (Å²) in [6, 6.07) is 3.87. The van der Waals surface area contributed by atoms with Crippen molar-refractivity contribution in [3.63, 3.8) is 0 Å². The van der Waals surface area contributed by atoms with E-state index in [-0.39, 0.29) is 22.1 Å². The Balaban J connectivity index is 2.96. The molecule has 1 atom stereocenters. The van der Waals surface area contributed by atoms with E-state index >= 15 is 0 Å². The van der Waals surface area contributed by atoms with Crippen molar-refractivity contribution in [2.45, 2.75) is 18.7 Å². The number of rotatable bonds is 5.